The molecule has 1 unspecified atom stereocenters. The Morgan fingerprint density at radius 3 is 2.87 bits per heavy atom. The van der Waals surface area contributed by atoms with Gasteiger partial charge in [-0.05, 0) is 30.5 Å². The average Bonchev–Trinajstić information content (AvgIpc) is 2.93. The highest BCUT2D eigenvalue weighted by atomic mass is 35.5. The van der Waals surface area contributed by atoms with Gasteiger partial charge in [-0.1, -0.05) is 30.7 Å². The van der Waals surface area contributed by atoms with Crippen LogP contribution in [0.3, 0.4) is 0 Å². The minimum atomic E-state index is -0.697. The quantitative estimate of drug-likeness (QED) is 0.857. The highest BCUT2D eigenvalue weighted by Crippen LogP contribution is 2.57. The van der Waals surface area contributed by atoms with Gasteiger partial charge in [-0.15, -0.1) is 0 Å². The molecule has 2 nitrogen and oxygen atoms in total. The molecule has 0 spiro atoms. The van der Waals surface area contributed by atoms with Crippen LogP contribution in [-0.2, 0) is 10.2 Å². The van der Waals surface area contributed by atoms with E-state index in [1.807, 2.05) is 31.2 Å². The molecule has 3 heteroatoms. The Labute approximate surface area is 93.9 Å². The van der Waals surface area contributed by atoms with Gasteiger partial charge in [0.1, 0.15) is 0 Å². The summed E-state index contributed by atoms with van der Waals surface area (Å²) in [4.78, 5) is 11.0. The SMILES string of the molecule is CCC1(c2cccc(Cl)c2)C[C@H]1C(=O)O. The van der Waals surface area contributed by atoms with E-state index in [1.54, 1.807) is 0 Å². The van der Waals surface area contributed by atoms with Gasteiger partial charge in [-0.2, -0.15) is 0 Å². The molecule has 1 N–H and O–H groups in total. The number of rotatable bonds is 3. The highest BCUT2D eigenvalue weighted by Gasteiger charge is 2.58. The fraction of sp³-hybridized carbons (Fsp3) is 0.417. The van der Waals surface area contributed by atoms with Gasteiger partial charge in [0, 0.05) is 10.4 Å². The number of carboxylic acids is 1. The molecule has 0 heterocycles. The summed E-state index contributed by atoms with van der Waals surface area (Å²) in [6, 6.07) is 7.55. The van der Waals surface area contributed by atoms with Crippen molar-refractivity contribution in [2.45, 2.75) is 25.2 Å². The minimum Gasteiger partial charge on any atom is -0.481 e. The van der Waals surface area contributed by atoms with Crippen molar-refractivity contribution in [3.63, 3.8) is 0 Å². The molecule has 1 aliphatic carbocycles. The second-order valence-electron chi connectivity index (χ2n) is 4.11. The van der Waals surface area contributed by atoms with Crippen molar-refractivity contribution in [3.8, 4) is 0 Å². The number of benzene rings is 1. The summed E-state index contributed by atoms with van der Waals surface area (Å²) in [7, 11) is 0. The summed E-state index contributed by atoms with van der Waals surface area (Å²) in [5.41, 5.74) is 0.890. The molecule has 1 aromatic rings. The van der Waals surface area contributed by atoms with Gasteiger partial charge in [0.25, 0.3) is 0 Å². The summed E-state index contributed by atoms with van der Waals surface area (Å²) in [5.74, 6) is -0.933. The maximum Gasteiger partial charge on any atom is 0.307 e. The van der Waals surface area contributed by atoms with Crippen LogP contribution in [0.4, 0.5) is 0 Å². The van der Waals surface area contributed by atoms with Crippen molar-refractivity contribution in [2.24, 2.45) is 5.92 Å². The molecule has 0 radical (unpaired) electrons. The van der Waals surface area contributed by atoms with Crippen LogP contribution in [0.2, 0.25) is 5.02 Å². The van der Waals surface area contributed by atoms with E-state index in [4.69, 9.17) is 16.7 Å². The third-order valence-electron chi connectivity index (χ3n) is 3.40. The van der Waals surface area contributed by atoms with Crippen molar-refractivity contribution in [2.75, 3.05) is 0 Å². The van der Waals surface area contributed by atoms with Crippen LogP contribution in [0.5, 0.6) is 0 Å². The summed E-state index contributed by atoms with van der Waals surface area (Å²) in [6.45, 7) is 2.03. The van der Waals surface area contributed by atoms with Crippen LogP contribution < -0.4 is 0 Å². The molecule has 2 rings (SSSR count). The third-order valence-corrected chi connectivity index (χ3v) is 3.64. The second kappa shape index (κ2) is 3.53. The van der Waals surface area contributed by atoms with Gasteiger partial charge in [0.15, 0.2) is 0 Å². The first-order valence-electron chi connectivity index (χ1n) is 5.09. The third kappa shape index (κ3) is 1.63. The Kier molecular flexibility index (Phi) is 2.47. The van der Waals surface area contributed by atoms with Gasteiger partial charge in [0.2, 0.25) is 0 Å². The van der Waals surface area contributed by atoms with Gasteiger partial charge in [-0.25, -0.2) is 0 Å². The van der Waals surface area contributed by atoms with Gasteiger partial charge in [0.05, 0.1) is 5.92 Å². The van der Waals surface area contributed by atoms with Crippen LogP contribution in [0.25, 0.3) is 0 Å². The lowest BCUT2D eigenvalue weighted by Crippen LogP contribution is -2.13. The molecule has 1 aliphatic rings. The molecule has 0 saturated heterocycles. The topological polar surface area (TPSA) is 37.3 Å². The summed E-state index contributed by atoms with van der Waals surface area (Å²) < 4.78 is 0. The average molecular weight is 225 g/mol. The Balaban J connectivity index is 2.34. The molecular formula is C12H13ClO2. The molecule has 0 aliphatic heterocycles. The monoisotopic (exact) mass is 224 g/mol. The molecule has 0 amide bonds. The fourth-order valence-electron chi connectivity index (χ4n) is 2.34. The van der Waals surface area contributed by atoms with E-state index in [1.165, 1.54) is 0 Å². The first-order chi connectivity index (χ1) is 7.10. The lowest BCUT2D eigenvalue weighted by Gasteiger charge is -2.14. The Morgan fingerprint density at radius 2 is 2.40 bits per heavy atom. The predicted molar refractivity (Wildman–Crippen MR) is 59.2 cm³/mol. The molecule has 2 atom stereocenters. The number of hydrogen-bond acceptors (Lipinski definition) is 1. The smallest absolute Gasteiger partial charge is 0.307 e. The number of halogens is 1. The molecule has 0 bridgehead atoms. The van der Waals surface area contributed by atoms with E-state index in [-0.39, 0.29) is 11.3 Å². The number of aliphatic carboxylic acids is 1. The zero-order valence-corrected chi connectivity index (χ0v) is 9.29. The predicted octanol–water partition coefficient (Wildman–Crippen LogP) is 3.09. The van der Waals surface area contributed by atoms with E-state index in [0.717, 1.165) is 18.4 Å². The maximum absolute atomic E-state index is 11.0. The number of carboxylic acid groups (broad SMARTS) is 1. The van der Waals surface area contributed by atoms with Crippen LogP contribution in [0.1, 0.15) is 25.3 Å². The van der Waals surface area contributed by atoms with Crippen LogP contribution in [-0.4, -0.2) is 11.1 Å². The van der Waals surface area contributed by atoms with E-state index >= 15 is 0 Å². The van der Waals surface area contributed by atoms with Crippen LogP contribution in [0.15, 0.2) is 24.3 Å². The number of carbonyl (C=O) groups is 1. The summed E-state index contributed by atoms with van der Waals surface area (Å²) in [6.07, 6.45) is 1.59. The maximum atomic E-state index is 11.0. The van der Waals surface area contributed by atoms with Crippen molar-refractivity contribution >= 4 is 17.6 Å². The van der Waals surface area contributed by atoms with Crippen LogP contribution in [0, 0.1) is 5.92 Å². The minimum absolute atomic E-state index is 0.170. The molecule has 1 aromatic carbocycles. The van der Waals surface area contributed by atoms with E-state index in [0.29, 0.717) is 5.02 Å². The standard InChI is InChI=1S/C12H13ClO2/c1-2-12(7-10(12)11(14)15)8-4-3-5-9(13)6-8/h3-6,10H,2,7H2,1H3,(H,14,15)/t10-,12?/m0/s1. The Hall–Kier alpha value is -1.02. The first kappa shape index (κ1) is 10.5. The van der Waals surface area contributed by atoms with Gasteiger partial charge in [-0.3, -0.25) is 4.79 Å². The van der Waals surface area contributed by atoms with Crippen molar-refractivity contribution < 1.29 is 9.90 Å². The molecule has 15 heavy (non-hydrogen) atoms. The lowest BCUT2D eigenvalue weighted by molar-refractivity contribution is -0.139. The zero-order chi connectivity index (χ0) is 11.1. The molecule has 0 aromatic heterocycles. The van der Waals surface area contributed by atoms with E-state index in [9.17, 15) is 4.79 Å². The van der Waals surface area contributed by atoms with Crippen LogP contribution >= 0.6 is 11.6 Å². The summed E-state index contributed by atoms with van der Waals surface area (Å²) >= 11 is 5.92. The second-order valence-corrected chi connectivity index (χ2v) is 4.55. The Morgan fingerprint density at radius 1 is 1.67 bits per heavy atom. The van der Waals surface area contributed by atoms with Crippen molar-refractivity contribution in [3.05, 3.63) is 34.9 Å². The van der Waals surface area contributed by atoms with Gasteiger partial charge < -0.3 is 5.11 Å². The number of hydrogen-bond donors (Lipinski definition) is 1. The highest BCUT2D eigenvalue weighted by molar-refractivity contribution is 6.30. The van der Waals surface area contributed by atoms with Crippen molar-refractivity contribution in [1.82, 2.24) is 0 Å². The van der Waals surface area contributed by atoms with Crippen molar-refractivity contribution in [1.29, 1.82) is 0 Å². The molecule has 1 saturated carbocycles. The van der Waals surface area contributed by atoms with E-state index in [2.05, 4.69) is 0 Å². The Bertz CT molecular complexity index is 402. The van der Waals surface area contributed by atoms with E-state index < -0.39 is 5.97 Å². The lowest BCUT2D eigenvalue weighted by atomic mass is 9.90. The molecular weight excluding hydrogens is 212 g/mol. The van der Waals surface area contributed by atoms with Gasteiger partial charge >= 0.3 is 5.97 Å². The first-order valence-corrected chi connectivity index (χ1v) is 5.47. The molecule has 80 valence electrons. The summed E-state index contributed by atoms with van der Waals surface area (Å²) in [5, 5.41) is 9.69. The fourth-order valence-corrected chi connectivity index (χ4v) is 2.53. The largest absolute Gasteiger partial charge is 0.481 e. The zero-order valence-electron chi connectivity index (χ0n) is 8.53. The molecule has 1 fully saturated rings. The normalized spacial score (nSPS) is 28.8.